The van der Waals surface area contributed by atoms with Gasteiger partial charge in [0.2, 0.25) is 5.82 Å². The molecule has 0 amide bonds. The van der Waals surface area contributed by atoms with Crippen molar-refractivity contribution in [1.82, 2.24) is 4.98 Å². The average Bonchev–Trinajstić information content (AvgIpc) is 2.81. The van der Waals surface area contributed by atoms with E-state index in [1.54, 1.807) is 6.07 Å². The van der Waals surface area contributed by atoms with Crippen LogP contribution in [-0.2, 0) is 0 Å². The van der Waals surface area contributed by atoms with Gasteiger partial charge in [0.25, 0.3) is 0 Å². The first-order valence-corrected chi connectivity index (χ1v) is 4.75. The van der Waals surface area contributed by atoms with Crippen LogP contribution in [0.15, 0.2) is 12.1 Å². The number of nitrogen functional groups attached to an aromatic ring is 1. The Labute approximate surface area is 86.6 Å². The number of anilines is 2. The number of nitrogens with zero attached hydrogens (tertiary/aromatic N) is 2. The molecule has 0 radical (unpaired) electrons. The number of pyridine rings is 1. The van der Waals surface area contributed by atoms with Crippen LogP contribution in [0.5, 0.6) is 0 Å². The van der Waals surface area contributed by atoms with Gasteiger partial charge in [-0.2, -0.15) is 0 Å². The summed E-state index contributed by atoms with van der Waals surface area (Å²) in [7, 11) is 0. The van der Waals surface area contributed by atoms with Gasteiger partial charge in [0.15, 0.2) is 0 Å². The standard InChI is InChI=1S/C9H12N4O2/c1-5-4-6(5)11-8-3-2-7(13(14)15)9(10)12-8/h2-3,5-6H,4H2,1H3,(H3,10,11,12). The van der Waals surface area contributed by atoms with Crippen molar-refractivity contribution in [1.29, 1.82) is 0 Å². The fourth-order valence-corrected chi connectivity index (χ4v) is 1.42. The van der Waals surface area contributed by atoms with E-state index in [1.807, 2.05) is 0 Å². The molecule has 0 bridgehead atoms. The second kappa shape index (κ2) is 3.38. The lowest BCUT2D eigenvalue weighted by Crippen LogP contribution is -2.07. The first-order chi connectivity index (χ1) is 7.08. The van der Waals surface area contributed by atoms with Crippen molar-refractivity contribution in [2.45, 2.75) is 19.4 Å². The summed E-state index contributed by atoms with van der Waals surface area (Å²) in [6.45, 7) is 2.13. The lowest BCUT2D eigenvalue weighted by molar-refractivity contribution is -0.384. The highest BCUT2D eigenvalue weighted by molar-refractivity contribution is 5.57. The molecule has 1 aliphatic rings. The molecule has 1 aromatic rings. The predicted octanol–water partition coefficient (Wildman–Crippen LogP) is 1.39. The maximum absolute atomic E-state index is 10.5. The van der Waals surface area contributed by atoms with Crippen LogP contribution in [-0.4, -0.2) is 15.9 Å². The Morgan fingerprint density at radius 3 is 2.80 bits per heavy atom. The first kappa shape index (κ1) is 9.70. The van der Waals surface area contributed by atoms with Crippen LogP contribution < -0.4 is 11.1 Å². The molecule has 0 saturated heterocycles. The second-order valence-electron chi connectivity index (χ2n) is 3.82. The first-order valence-electron chi connectivity index (χ1n) is 4.75. The van der Waals surface area contributed by atoms with Crippen LogP contribution in [0.25, 0.3) is 0 Å². The van der Waals surface area contributed by atoms with E-state index in [9.17, 15) is 10.1 Å². The average molecular weight is 208 g/mol. The third kappa shape index (κ3) is 1.98. The molecule has 80 valence electrons. The number of nitro groups is 1. The molecule has 1 heterocycles. The van der Waals surface area contributed by atoms with E-state index < -0.39 is 4.92 Å². The summed E-state index contributed by atoms with van der Waals surface area (Å²) >= 11 is 0. The zero-order chi connectivity index (χ0) is 11.0. The molecule has 15 heavy (non-hydrogen) atoms. The quantitative estimate of drug-likeness (QED) is 0.578. The molecule has 2 rings (SSSR count). The van der Waals surface area contributed by atoms with Crippen molar-refractivity contribution >= 4 is 17.3 Å². The number of hydrogen-bond acceptors (Lipinski definition) is 5. The number of hydrogen-bond donors (Lipinski definition) is 2. The number of rotatable bonds is 3. The molecule has 1 fully saturated rings. The molecule has 2 atom stereocenters. The molecular weight excluding hydrogens is 196 g/mol. The Balaban J connectivity index is 2.14. The molecule has 0 spiro atoms. The van der Waals surface area contributed by atoms with Gasteiger partial charge >= 0.3 is 5.69 Å². The van der Waals surface area contributed by atoms with Crippen LogP contribution in [0.1, 0.15) is 13.3 Å². The highest BCUT2D eigenvalue weighted by atomic mass is 16.6. The summed E-state index contributed by atoms with van der Waals surface area (Å²) < 4.78 is 0. The Bertz CT molecular complexity index is 407. The van der Waals surface area contributed by atoms with Gasteiger partial charge in [0.05, 0.1) is 4.92 Å². The van der Waals surface area contributed by atoms with E-state index in [0.717, 1.165) is 6.42 Å². The number of nitrogens with one attached hydrogen (secondary N) is 1. The molecule has 6 nitrogen and oxygen atoms in total. The monoisotopic (exact) mass is 208 g/mol. The summed E-state index contributed by atoms with van der Waals surface area (Å²) in [5.74, 6) is 1.20. The second-order valence-corrected chi connectivity index (χ2v) is 3.82. The zero-order valence-electron chi connectivity index (χ0n) is 8.30. The maximum atomic E-state index is 10.5. The zero-order valence-corrected chi connectivity index (χ0v) is 8.30. The van der Waals surface area contributed by atoms with E-state index in [2.05, 4.69) is 17.2 Å². The smallest absolute Gasteiger partial charge is 0.311 e. The summed E-state index contributed by atoms with van der Waals surface area (Å²) in [5, 5.41) is 13.6. The Morgan fingerprint density at radius 1 is 1.67 bits per heavy atom. The summed E-state index contributed by atoms with van der Waals surface area (Å²) in [5.41, 5.74) is 5.31. The largest absolute Gasteiger partial charge is 0.378 e. The lowest BCUT2D eigenvalue weighted by atomic mass is 10.3. The van der Waals surface area contributed by atoms with E-state index in [4.69, 9.17) is 5.73 Å². The van der Waals surface area contributed by atoms with Crippen molar-refractivity contribution in [3.63, 3.8) is 0 Å². The highest BCUT2D eigenvalue weighted by Crippen LogP contribution is 2.32. The molecule has 1 saturated carbocycles. The lowest BCUT2D eigenvalue weighted by Gasteiger charge is -2.04. The van der Waals surface area contributed by atoms with E-state index in [0.29, 0.717) is 17.8 Å². The summed E-state index contributed by atoms with van der Waals surface area (Å²) in [6.07, 6.45) is 1.11. The van der Waals surface area contributed by atoms with Crippen LogP contribution in [0, 0.1) is 16.0 Å². The molecule has 1 aromatic heterocycles. The van der Waals surface area contributed by atoms with E-state index in [-0.39, 0.29) is 11.5 Å². The van der Waals surface area contributed by atoms with Crippen molar-refractivity contribution in [3.05, 3.63) is 22.2 Å². The minimum atomic E-state index is -0.536. The Morgan fingerprint density at radius 2 is 2.33 bits per heavy atom. The minimum Gasteiger partial charge on any atom is -0.378 e. The van der Waals surface area contributed by atoms with Gasteiger partial charge < -0.3 is 11.1 Å². The normalized spacial score (nSPS) is 23.5. The molecule has 1 aliphatic carbocycles. The van der Waals surface area contributed by atoms with Crippen molar-refractivity contribution in [2.75, 3.05) is 11.1 Å². The van der Waals surface area contributed by atoms with Crippen LogP contribution in [0.2, 0.25) is 0 Å². The van der Waals surface area contributed by atoms with Gasteiger partial charge in [-0.05, 0) is 18.4 Å². The van der Waals surface area contributed by atoms with E-state index >= 15 is 0 Å². The Kier molecular flexibility index (Phi) is 2.18. The van der Waals surface area contributed by atoms with E-state index in [1.165, 1.54) is 6.07 Å². The van der Waals surface area contributed by atoms with Gasteiger partial charge in [0, 0.05) is 12.1 Å². The fourth-order valence-electron chi connectivity index (χ4n) is 1.42. The number of aromatic nitrogens is 1. The molecule has 0 aromatic carbocycles. The predicted molar refractivity (Wildman–Crippen MR) is 56.5 cm³/mol. The Hall–Kier alpha value is -1.85. The fraction of sp³-hybridized carbons (Fsp3) is 0.444. The van der Waals surface area contributed by atoms with Crippen LogP contribution in [0.4, 0.5) is 17.3 Å². The van der Waals surface area contributed by atoms with Crippen molar-refractivity contribution in [2.24, 2.45) is 5.92 Å². The topological polar surface area (TPSA) is 94.1 Å². The van der Waals surface area contributed by atoms with Crippen LogP contribution >= 0.6 is 0 Å². The van der Waals surface area contributed by atoms with Gasteiger partial charge in [-0.15, -0.1) is 0 Å². The van der Waals surface area contributed by atoms with Gasteiger partial charge in [-0.25, -0.2) is 4.98 Å². The minimum absolute atomic E-state index is 0.0432. The van der Waals surface area contributed by atoms with Gasteiger partial charge in [0.1, 0.15) is 5.82 Å². The molecule has 6 heteroatoms. The maximum Gasteiger partial charge on any atom is 0.311 e. The molecule has 0 aliphatic heterocycles. The third-order valence-electron chi connectivity index (χ3n) is 2.54. The number of nitrogens with two attached hydrogens (primary N) is 1. The SMILES string of the molecule is CC1CC1Nc1ccc([N+](=O)[O-])c(N)n1. The van der Waals surface area contributed by atoms with Crippen LogP contribution in [0.3, 0.4) is 0 Å². The third-order valence-corrected chi connectivity index (χ3v) is 2.54. The molecule has 2 unspecified atom stereocenters. The summed E-state index contributed by atoms with van der Waals surface area (Å²) in [6, 6.07) is 3.38. The molecule has 3 N–H and O–H groups in total. The van der Waals surface area contributed by atoms with Gasteiger partial charge in [-0.3, -0.25) is 10.1 Å². The molecular formula is C9H12N4O2. The van der Waals surface area contributed by atoms with Gasteiger partial charge in [-0.1, -0.05) is 6.92 Å². The highest BCUT2D eigenvalue weighted by Gasteiger charge is 2.32. The van der Waals surface area contributed by atoms with Crippen molar-refractivity contribution < 1.29 is 4.92 Å². The van der Waals surface area contributed by atoms with Crippen molar-refractivity contribution in [3.8, 4) is 0 Å². The summed E-state index contributed by atoms with van der Waals surface area (Å²) in [4.78, 5) is 13.9.